The van der Waals surface area contributed by atoms with Crippen LogP contribution < -0.4 is 9.47 Å². The van der Waals surface area contributed by atoms with Gasteiger partial charge in [-0.1, -0.05) is 242 Å². The summed E-state index contributed by atoms with van der Waals surface area (Å²) in [5.74, 6) is 1.70. The number of methoxy groups -OCH3 is 2. The maximum atomic E-state index is 8.56. The summed E-state index contributed by atoms with van der Waals surface area (Å²) in [6.45, 7) is 21.9. The number of ether oxygens (including phenoxy) is 2. The Labute approximate surface area is 859 Å². The van der Waals surface area contributed by atoms with Gasteiger partial charge in [0.25, 0.3) is 0 Å². The standard InChI is InChI=1S/C24H21N2.C23H19N2.C22H17N2O2.C22H17N2S2.4C5H12O2.4Ir/c1-17(2)16-23-24(26-15-14-25-23)20-12-10-19(11-13-20)22-9-5-7-18-6-3-4-8-21(18)22;1-16(2)22-23(25-15-14-24-22)19-12-10-18(11-13-19)21-9-5-7-17-6-3-4-8-20(17)21;2*1-25-20-14-23-21(22(24-20)26-2)17-12-10-16(11-13-17)19-9-5-7-15-6-3-4-8-18(15)19;4*1-4(6)3-5(2)7;;;;/h3-12,14-15,17H,16H2,1-2H3;3-12,14-16H,1-2H3;2*3-12,14H,1-2H3;4*4-7H,3H2,1-2H3;;;;/q4*-1;;;;;;;;. The number of thioether (sulfide) groups is 2. The van der Waals surface area contributed by atoms with Crippen LogP contribution in [0.5, 0.6) is 11.8 Å². The Morgan fingerprint density at radius 3 is 0.926 bits per heavy atom. The van der Waals surface area contributed by atoms with E-state index in [4.69, 9.17) is 50.3 Å². The molecule has 4 heterocycles. The van der Waals surface area contributed by atoms with Gasteiger partial charge in [-0.25, -0.2) is 4.98 Å². The van der Waals surface area contributed by atoms with Gasteiger partial charge in [-0.2, -0.15) is 4.98 Å². The van der Waals surface area contributed by atoms with Gasteiger partial charge in [-0.05, 0) is 155 Å². The molecular formula is C111H122Ir4N8O10S2-4. The van der Waals surface area contributed by atoms with Crippen molar-refractivity contribution in [2.45, 2.75) is 180 Å². The molecule has 8 unspecified atom stereocenters. The van der Waals surface area contributed by atoms with E-state index in [0.717, 1.165) is 83.9 Å². The van der Waals surface area contributed by atoms with Crippen LogP contribution in [0.3, 0.4) is 0 Å². The number of aliphatic hydroxyl groups is 8. The molecule has 0 saturated heterocycles. The molecule has 0 aliphatic carbocycles. The van der Waals surface area contributed by atoms with Crippen molar-refractivity contribution in [3.63, 3.8) is 0 Å². The largest absolute Gasteiger partial charge is 0.486 e. The number of hydrogen-bond acceptors (Lipinski definition) is 20. The molecule has 0 saturated carbocycles. The minimum atomic E-state index is -0.375. The average Bonchev–Trinajstić information content (AvgIpc) is 0.805. The second-order valence-electron chi connectivity index (χ2n) is 32.7. The van der Waals surface area contributed by atoms with E-state index in [1.54, 1.807) is 124 Å². The molecule has 0 aliphatic rings. The first-order valence-electron chi connectivity index (χ1n) is 44.0. The number of nitrogens with zero attached hydrogens (tertiary/aromatic N) is 8. The van der Waals surface area contributed by atoms with Crippen molar-refractivity contribution in [1.82, 2.24) is 39.9 Å². The molecule has 24 heteroatoms. The minimum absolute atomic E-state index is 0. The SMILES string of the molecule is CC(C)Cc1nccnc1-c1[c-]cc(-c2cccc3ccccc23)cc1.CC(C)c1nccnc1-c1[c-]cc(-c2cccc3ccccc23)cc1.CC(O)CC(C)O.CC(O)CC(C)O.CC(O)CC(C)O.CC(O)CC(C)O.COc1cnc(-c2[c-]cc(-c3cccc4ccccc34)cc2)c(OC)n1.CSc1cnc(-c2[c-]cc(-c3cccc4ccccc34)cc2)c(SC)n1.[Ir].[Ir].[Ir].[Ir]. The van der Waals surface area contributed by atoms with Gasteiger partial charge in [-0.3, -0.25) is 19.9 Å². The zero-order chi connectivity index (χ0) is 94.5. The van der Waals surface area contributed by atoms with E-state index in [2.05, 4.69) is 316 Å². The Balaban J connectivity index is 0.000000287. The molecule has 0 amide bonds. The molecule has 8 N–H and O–H groups in total. The predicted molar refractivity (Wildman–Crippen MR) is 538 cm³/mol. The van der Waals surface area contributed by atoms with E-state index in [-0.39, 0.29) is 129 Å². The molecule has 135 heavy (non-hydrogen) atoms. The molecule has 8 atom stereocenters. The van der Waals surface area contributed by atoms with Crippen molar-refractivity contribution in [1.29, 1.82) is 0 Å². The average molecular weight is 2560 g/mol. The van der Waals surface area contributed by atoms with Crippen LogP contribution in [-0.2, 0) is 86.8 Å². The van der Waals surface area contributed by atoms with E-state index in [1.165, 1.54) is 70.9 Å². The summed E-state index contributed by atoms with van der Waals surface area (Å²) in [5.41, 5.74) is 18.7. The summed E-state index contributed by atoms with van der Waals surface area (Å²) in [6.07, 6.45) is 14.3. The third kappa shape index (κ3) is 36.5. The first-order chi connectivity index (χ1) is 63.1. The first kappa shape index (κ1) is 116. The summed E-state index contributed by atoms with van der Waals surface area (Å²) in [6, 6.07) is 97.8. The number of fused-ring (bicyclic) bond motifs is 4. The van der Waals surface area contributed by atoms with E-state index in [0.29, 0.717) is 55.0 Å². The fourth-order valence-electron chi connectivity index (χ4n) is 14.5. The summed E-state index contributed by atoms with van der Waals surface area (Å²) in [4.78, 5) is 36.1. The first-order valence-corrected chi connectivity index (χ1v) is 46.5. The van der Waals surface area contributed by atoms with Crippen LogP contribution in [0.1, 0.15) is 126 Å². The molecular weight excluding hydrogens is 2440 g/mol. The van der Waals surface area contributed by atoms with Crippen LogP contribution in [0.25, 0.3) is 133 Å². The van der Waals surface area contributed by atoms with Crippen LogP contribution in [0.2, 0.25) is 0 Å². The molecule has 0 fully saturated rings. The number of hydrogen-bond donors (Lipinski definition) is 8. The van der Waals surface area contributed by atoms with Crippen molar-refractivity contribution in [2.24, 2.45) is 5.92 Å². The van der Waals surface area contributed by atoms with Gasteiger partial charge in [0.15, 0.2) is 5.88 Å². The second-order valence-corrected chi connectivity index (χ2v) is 34.4. The molecule has 4 radical (unpaired) electrons. The van der Waals surface area contributed by atoms with Crippen molar-refractivity contribution >= 4 is 66.6 Å². The van der Waals surface area contributed by atoms with Crippen LogP contribution in [-0.4, -0.2) is 156 Å². The van der Waals surface area contributed by atoms with E-state index < -0.39 is 0 Å². The topological polar surface area (TPSA) is 283 Å². The third-order valence-corrected chi connectivity index (χ3v) is 21.6. The Hall–Kier alpha value is -9.42. The van der Waals surface area contributed by atoms with Gasteiger partial charge in [0.1, 0.15) is 5.03 Å². The van der Waals surface area contributed by atoms with Crippen LogP contribution in [0.15, 0.2) is 290 Å². The molecule has 16 rings (SSSR count). The Morgan fingerprint density at radius 2 is 0.622 bits per heavy atom. The third-order valence-electron chi connectivity index (χ3n) is 20.3. The Kier molecular flexibility index (Phi) is 51.9. The van der Waals surface area contributed by atoms with Crippen LogP contribution in [0.4, 0.5) is 0 Å². The van der Waals surface area contributed by atoms with Crippen molar-refractivity contribution in [3.8, 4) is 101 Å². The van der Waals surface area contributed by atoms with Crippen molar-refractivity contribution in [3.05, 3.63) is 315 Å². The molecule has 4 aromatic heterocycles. The van der Waals surface area contributed by atoms with E-state index >= 15 is 0 Å². The van der Waals surface area contributed by atoms with Gasteiger partial charge in [0, 0.05) is 146 Å². The number of aromatic nitrogens is 8. The van der Waals surface area contributed by atoms with Gasteiger partial charge in [0.05, 0.1) is 74.3 Å². The quantitative estimate of drug-likeness (QED) is 0.0218. The maximum Gasteiger partial charge on any atom is 0.233 e. The van der Waals surface area contributed by atoms with Gasteiger partial charge in [-0.15, -0.1) is 143 Å². The summed E-state index contributed by atoms with van der Waals surface area (Å²) >= 11 is 3.22. The zero-order valence-electron chi connectivity index (χ0n) is 79.0. The fourth-order valence-corrected chi connectivity index (χ4v) is 15.5. The Bertz CT molecular complexity index is 5890. The van der Waals surface area contributed by atoms with Gasteiger partial charge < -0.3 is 60.3 Å². The van der Waals surface area contributed by atoms with Crippen molar-refractivity contribution in [2.75, 3.05) is 26.7 Å². The monoisotopic (exact) mass is 2560 g/mol. The molecule has 16 aromatic rings. The number of rotatable bonds is 23. The fraction of sp³-hybridized carbons (Fsp3) is 0.279. The predicted octanol–water partition coefficient (Wildman–Crippen LogP) is 23.4. The number of aliphatic hydroxyl groups excluding tert-OH is 8. The molecule has 18 nitrogen and oxygen atoms in total. The van der Waals surface area contributed by atoms with Crippen molar-refractivity contribution < 1.29 is 131 Å². The molecule has 718 valence electrons. The smallest absolute Gasteiger partial charge is 0.233 e. The summed E-state index contributed by atoms with van der Waals surface area (Å²) < 4.78 is 10.4. The zero-order valence-corrected chi connectivity index (χ0v) is 90.2. The summed E-state index contributed by atoms with van der Waals surface area (Å²) in [5, 5.41) is 80.3. The normalized spacial score (nSPS) is 12.3. The Morgan fingerprint density at radius 1 is 0.311 bits per heavy atom. The van der Waals surface area contributed by atoms with E-state index in [1.807, 2.05) is 36.9 Å². The van der Waals surface area contributed by atoms with E-state index in [9.17, 15) is 0 Å². The van der Waals surface area contributed by atoms with Gasteiger partial charge >= 0.3 is 0 Å². The molecule has 0 aliphatic heterocycles. The number of benzene rings is 12. The molecule has 12 aromatic carbocycles. The minimum Gasteiger partial charge on any atom is -0.486 e. The van der Waals surface area contributed by atoms with Crippen LogP contribution in [0, 0.1) is 30.2 Å². The van der Waals surface area contributed by atoms with Gasteiger partial charge in [0.2, 0.25) is 5.88 Å². The maximum absolute atomic E-state index is 8.56. The second kappa shape index (κ2) is 60.3. The molecule has 0 bridgehead atoms. The molecule has 0 spiro atoms. The summed E-state index contributed by atoms with van der Waals surface area (Å²) in [7, 11) is 3.12. The van der Waals surface area contributed by atoms with Crippen LogP contribution >= 0.6 is 23.5 Å².